The number of rotatable bonds is 4. The second kappa shape index (κ2) is 8.96. The van der Waals surface area contributed by atoms with E-state index in [1.165, 1.54) is 0 Å². The van der Waals surface area contributed by atoms with Crippen LogP contribution in [0.3, 0.4) is 0 Å². The first-order valence-electron chi connectivity index (χ1n) is 12.8. The highest BCUT2D eigenvalue weighted by Crippen LogP contribution is 2.42. The minimum absolute atomic E-state index is 0.398. The Morgan fingerprint density at radius 1 is 0.436 bits per heavy atom. The van der Waals surface area contributed by atoms with Gasteiger partial charge in [0.25, 0.3) is 0 Å². The van der Waals surface area contributed by atoms with E-state index in [9.17, 15) is 9.59 Å². The van der Waals surface area contributed by atoms with Gasteiger partial charge in [-0.3, -0.25) is 0 Å². The first-order chi connectivity index (χ1) is 19.1. The van der Waals surface area contributed by atoms with Gasteiger partial charge in [-0.2, -0.15) is 0 Å². The molecule has 7 aromatic carbocycles. The maximum atomic E-state index is 13.3. The van der Waals surface area contributed by atoms with Crippen molar-refractivity contribution < 1.29 is 19.1 Å². The Balaban J connectivity index is 1.41. The van der Waals surface area contributed by atoms with Crippen LogP contribution in [0.25, 0.3) is 43.1 Å². The molecule has 0 bridgehead atoms. The zero-order valence-electron chi connectivity index (χ0n) is 21.1. The summed E-state index contributed by atoms with van der Waals surface area (Å²) in [5.41, 5.74) is 2.11. The lowest BCUT2D eigenvalue weighted by molar-refractivity contribution is 0.0727. The molecule has 0 unspecified atom stereocenters. The molecule has 0 saturated carbocycles. The highest BCUT2D eigenvalue weighted by atomic mass is 16.5. The van der Waals surface area contributed by atoms with Crippen LogP contribution < -0.4 is 9.47 Å². The van der Waals surface area contributed by atoms with E-state index in [1.807, 2.05) is 85.8 Å². The third-order valence-corrected chi connectivity index (χ3v) is 7.29. The van der Waals surface area contributed by atoms with Crippen LogP contribution in [0.1, 0.15) is 26.3 Å². The van der Waals surface area contributed by atoms with Gasteiger partial charge in [0, 0.05) is 0 Å². The maximum absolute atomic E-state index is 13.3. The van der Waals surface area contributed by atoms with Gasteiger partial charge in [0.05, 0.1) is 11.1 Å². The predicted molar refractivity (Wildman–Crippen MR) is 155 cm³/mol. The fraction of sp³-hybridized carbons (Fsp3) is 0.0286. The molecule has 0 saturated heterocycles. The molecule has 7 rings (SSSR count). The number of ether oxygens (including phenoxy) is 2. The van der Waals surface area contributed by atoms with Crippen LogP contribution in [0, 0.1) is 6.92 Å². The van der Waals surface area contributed by atoms with E-state index >= 15 is 0 Å². The smallest absolute Gasteiger partial charge is 0.344 e. The van der Waals surface area contributed by atoms with Gasteiger partial charge in [0.2, 0.25) is 0 Å². The third-order valence-electron chi connectivity index (χ3n) is 7.29. The standard InChI is InChI=1S/C35H22O4/c1-21-13-15-23(16-14-21)39-35(37)31-20-18-29-24-9-5-11-26-30(34(36)38-22-7-3-2-4-8-22)19-17-28(32(24)26)25-10-6-12-27(31)33(25)29/h2-20H,1H3. The van der Waals surface area contributed by atoms with Crippen LogP contribution >= 0.6 is 0 Å². The van der Waals surface area contributed by atoms with E-state index in [0.717, 1.165) is 48.7 Å². The quantitative estimate of drug-likeness (QED) is 0.104. The van der Waals surface area contributed by atoms with Crippen LogP contribution in [-0.4, -0.2) is 11.9 Å². The number of benzene rings is 7. The van der Waals surface area contributed by atoms with Crippen molar-refractivity contribution in [3.05, 3.63) is 132 Å². The van der Waals surface area contributed by atoms with Crippen molar-refractivity contribution in [2.45, 2.75) is 6.92 Å². The van der Waals surface area contributed by atoms with Crippen molar-refractivity contribution in [2.24, 2.45) is 0 Å². The Labute approximate surface area is 224 Å². The summed E-state index contributed by atoms with van der Waals surface area (Å²) >= 11 is 0. The molecule has 0 aromatic heterocycles. The summed E-state index contributed by atoms with van der Waals surface area (Å²) in [5.74, 6) is 0.216. The van der Waals surface area contributed by atoms with E-state index in [1.54, 1.807) is 24.3 Å². The highest BCUT2D eigenvalue weighted by Gasteiger charge is 2.21. The lowest BCUT2D eigenvalue weighted by Crippen LogP contribution is -2.10. The number of carbonyl (C=O) groups excluding carboxylic acids is 2. The van der Waals surface area contributed by atoms with Crippen molar-refractivity contribution in [2.75, 3.05) is 0 Å². The summed E-state index contributed by atoms with van der Waals surface area (Å²) in [5, 5.41) is 7.70. The second-order valence-corrected chi connectivity index (χ2v) is 9.68. The molecule has 0 spiro atoms. The van der Waals surface area contributed by atoms with Gasteiger partial charge >= 0.3 is 11.9 Å². The Morgan fingerprint density at radius 2 is 0.872 bits per heavy atom. The SMILES string of the molecule is Cc1ccc(OC(=O)c2ccc3c4cccc5c(C(=O)Oc6ccccc6)ccc(c6cccc2c63)c54)cc1. The van der Waals surface area contributed by atoms with Gasteiger partial charge in [0.1, 0.15) is 11.5 Å². The molecule has 4 heteroatoms. The van der Waals surface area contributed by atoms with E-state index < -0.39 is 11.9 Å². The van der Waals surface area contributed by atoms with Gasteiger partial charge in [-0.1, -0.05) is 84.4 Å². The molecular formula is C35H22O4. The minimum atomic E-state index is -0.400. The monoisotopic (exact) mass is 506 g/mol. The van der Waals surface area contributed by atoms with E-state index in [0.29, 0.717) is 22.6 Å². The van der Waals surface area contributed by atoms with Crippen molar-refractivity contribution in [3.8, 4) is 11.5 Å². The highest BCUT2D eigenvalue weighted by molar-refractivity contribution is 6.35. The summed E-state index contributed by atoms with van der Waals surface area (Å²) < 4.78 is 11.4. The molecule has 0 aliphatic heterocycles. The van der Waals surface area contributed by atoms with Gasteiger partial charge in [0.15, 0.2) is 0 Å². The molecule has 0 radical (unpaired) electrons. The van der Waals surface area contributed by atoms with Gasteiger partial charge < -0.3 is 9.47 Å². The molecule has 186 valence electrons. The largest absolute Gasteiger partial charge is 0.423 e. The maximum Gasteiger partial charge on any atom is 0.344 e. The average molecular weight is 507 g/mol. The first kappa shape index (κ1) is 22.9. The van der Waals surface area contributed by atoms with Crippen LogP contribution in [-0.2, 0) is 0 Å². The van der Waals surface area contributed by atoms with Gasteiger partial charge in [-0.05, 0) is 86.4 Å². The summed E-state index contributed by atoms with van der Waals surface area (Å²) in [6.07, 6.45) is 0. The molecule has 0 heterocycles. The van der Waals surface area contributed by atoms with Crippen LogP contribution in [0.15, 0.2) is 115 Å². The summed E-state index contributed by atoms with van der Waals surface area (Å²) in [6.45, 7) is 1.99. The molecule has 0 aliphatic rings. The third kappa shape index (κ3) is 3.77. The molecule has 7 aromatic rings. The Morgan fingerprint density at radius 3 is 1.38 bits per heavy atom. The molecule has 0 N–H and O–H groups in total. The molecule has 4 nitrogen and oxygen atoms in total. The minimum Gasteiger partial charge on any atom is -0.423 e. The summed E-state index contributed by atoms with van der Waals surface area (Å²) in [4.78, 5) is 26.5. The molecule has 39 heavy (non-hydrogen) atoms. The Hall–Kier alpha value is -5.22. The second-order valence-electron chi connectivity index (χ2n) is 9.68. The fourth-order valence-electron chi connectivity index (χ4n) is 5.49. The summed E-state index contributed by atoms with van der Waals surface area (Å²) in [6, 6.07) is 36.1. The van der Waals surface area contributed by atoms with Crippen molar-refractivity contribution in [1.82, 2.24) is 0 Å². The molecular weight excluding hydrogens is 484 g/mol. The number of aryl methyl sites for hydroxylation is 1. The van der Waals surface area contributed by atoms with Crippen molar-refractivity contribution in [3.63, 3.8) is 0 Å². The van der Waals surface area contributed by atoms with Gasteiger partial charge in [-0.25, -0.2) is 9.59 Å². The molecule has 0 fully saturated rings. The molecule has 0 amide bonds. The zero-order chi connectivity index (χ0) is 26.5. The van der Waals surface area contributed by atoms with Crippen LogP contribution in [0.2, 0.25) is 0 Å². The average Bonchev–Trinajstić information content (AvgIpc) is 2.97. The predicted octanol–water partition coefficient (Wildman–Crippen LogP) is 8.48. The molecule has 0 aliphatic carbocycles. The van der Waals surface area contributed by atoms with Gasteiger partial charge in [-0.15, -0.1) is 0 Å². The number of hydrogen-bond donors (Lipinski definition) is 0. The number of carbonyl (C=O) groups is 2. The van der Waals surface area contributed by atoms with Crippen molar-refractivity contribution >= 4 is 55.0 Å². The summed E-state index contributed by atoms with van der Waals surface area (Å²) in [7, 11) is 0. The number of fused-ring (bicyclic) bond motifs is 2. The van der Waals surface area contributed by atoms with Crippen LogP contribution in [0.5, 0.6) is 11.5 Å². The van der Waals surface area contributed by atoms with E-state index in [2.05, 4.69) is 12.1 Å². The number of esters is 2. The lowest BCUT2D eigenvalue weighted by atomic mass is 9.87. The normalized spacial score (nSPS) is 11.4. The Bertz CT molecular complexity index is 2020. The lowest BCUT2D eigenvalue weighted by Gasteiger charge is -2.17. The zero-order valence-corrected chi connectivity index (χ0v) is 21.1. The van der Waals surface area contributed by atoms with Crippen LogP contribution in [0.4, 0.5) is 0 Å². The van der Waals surface area contributed by atoms with E-state index in [-0.39, 0.29) is 0 Å². The van der Waals surface area contributed by atoms with Crippen molar-refractivity contribution in [1.29, 1.82) is 0 Å². The first-order valence-corrected chi connectivity index (χ1v) is 12.8. The fourth-order valence-corrected chi connectivity index (χ4v) is 5.49. The van der Waals surface area contributed by atoms with E-state index in [4.69, 9.17) is 9.47 Å². The number of hydrogen-bond acceptors (Lipinski definition) is 4. The number of para-hydroxylation sites is 1. The molecule has 0 atom stereocenters. The topological polar surface area (TPSA) is 52.6 Å². The Kier molecular flexibility index (Phi) is 5.27.